The smallest absolute Gasteiger partial charge is 0.292 e. The van der Waals surface area contributed by atoms with Crippen molar-refractivity contribution in [2.75, 3.05) is 0 Å². The molecule has 2 heterocycles. The molecule has 0 fully saturated rings. The quantitative estimate of drug-likeness (QED) is 0.902. The molecular formula is C21H27N3O3. The van der Waals surface area contributed by atoms with Crippen LogP contribution in [0.1, 0.15) is 61.0 Å². The van der Waals surface area contributed by atoms with E-state index in [9.17, 15) is 9.59 Å². The largest absolute Gasteiger partial charge is 0.435 e. The number of nitrogens with one attached hydrogen (secondary N) is 1. The van der Waals surface area contributed by atoms with Crippen LogP contribution in [0.4, 0.5) is 0 Å². The lowest BCUT2D eigenvalue weighted by Gasteiger charge is -2.37. The molecule has 6 nitrogen and oxygen atoms in total. The monoisotopic (exact) mass is 369 g/mol. The lowest BCUT2D eigenvalue weighted by Crippen LogP contribution is -2.56. The van der Waals surface area contributed by atoms with Gasteiger partial charge in [0, 0.05) is 24.9 Å². The second kappa shape index (κ2) is 7.18. The van der Waals surface area contributed by atoms with Crippen molar-refractivity contribution in [3.63, 3.8) is 0 Å². The van der Waals surface area contributed by atoms with Crippen molar-refractivity contribution in [1.29, 1.82) is 0 Å². The second-order valence-electron chi connectivity index (χ2n) is 8.04. The molecule has 1 atom stereocenters. The zero-order chi connectivity index (χ0) is 19.8. The van der Waals surface area contributed by atoms with Crippen LogP contribution >= 0.6 is 0 Å². The van der Waals surface area contributed by atoms with Gasteiger partial charge in [-0.05, 0) is 38.8 Å². The maximum atomic E-state index is 13.3. The number of hydrogen-bond acceptors (Lipinski definition) is 4. The van der Waals surface area contributed by atoms with Crippen LogP contribution < -0.4 is 5.32 Å². The first kappa shape index (κ1) is 19.1. The van der Waals surface area contributed by atoms with E-state index in [-0.39, 0.29) is 23.1 Å². The molecule has 27 heavy (non-hydrogen) atoms. The number of nitrogens with zero attached hydrogens (tertiary/aromatic N) is 2. The Kier molecular flexibility index (Phi) is 5.09. The summed E-state index contributed by atoms with van der Waals surface area (Å²) in [6.07, 6.45) is 1.10. The van der Waals surface area contributed by atoms with Crippen molar-refractivity contribution in [3.05, 3.63) is 52.7 Å². The fourth-order valence-corrected chi connectivity index (χ4v) is 3.36. The van der Waals surface area contributed by atoms with Gasteiger partial charge >= 0.3 is 0 Å². The van der Waals surface area contributed by atoms with E-state index < -0.39 is 6.04 Å². The van der Waals surface area contributed by atoms with Gasteiger partial charge in [0.2, 0.25) is 11.7 Å². The SMILES string of the molecule is CCc1nc(C)c(C(=O)N2Cc3ccccc3C[C@H]2C(=O)NC(C)(C)C)o1. The maximum absolute atomic E-state index is 13.3. The zero-order valence-electron chi connectivity index (χ0n) is 16.6. The predicted octanol–water partition coefficient (Wildman–Crippen LogP) is 3.03. The first-order valence-electron chi connectivity index (χ1n) is 9.35. The minimum atomic E-state index is -0.582. The number of fused-ring (bicyclic) bond motifs is 1. The Bertz CT molecular complexity index is 864. The van der Waals surface area contributed by atoms with Gasteiger partial charge in [-0.2, -0.15) is 0 Å². The molecule has 0 radical (unpaired) electrons. The van der Waals surface area contributed by atoms with Gasteiger partial charge in [-0.25, -0.2) is 4.98 Å². The fraction of sp³-hybridized carbons (Fsp3) is 0.476. The van der Waals surface area contributed by atoms with Crippen molar-refractivity contribution in [3.8, 4) is 0 Å². The Morgan fingerprint density at radius 1 is 1.26 bits per heavy atom. The zero-order valence-corrected chi connectivity index (χ0v) is 16.6. The number of carbonyl (C=O) groups is 2. The highest BCUT2D eigenvalue weighted by Gasteiger charge is 2.38. The van der Waals surface area contributed by atoms with Gasteiger partial charge in [-0.15, -0.1) is 0 Å². The summed E-state index contributed by atoms with van der Waals surface area (Å²) in [5.74, 6) is 0.310. The van der Waals surface area contributed by atoms with Gasteiger partial charge in [-0.1, -0.05) is 31.2 Å². The van der Waals surface area contributed by atoms with Crippen molar-refractivity contribution >= 4 is 11.8 Å². The summed E-state index contributed by atoms with van der Waals surface area (Å²) < 4.78 is 5.66. The Hall–Kier alpha value is -2.63. The molecule has 144 valence electrons. The van der Waals surface area contributed by atoms with Crippen LogP contribution in [0.15, 0.2) is 28.7 Å². The van der Waals surface area contributed by atoms with Crippen molar-refractivity contribution in [1.82, 2.24) is 15.2 Å². The molecule has 0 bridgehead atoms. The van der Waals surface area contributed by atoms with E-state index in [4.69, 9.17) is 4.42 Å². The van der Waals surface area contributed by atoms with Gasteiger partial charge in [0.15, 0.2) is 5.89 Å². The van der Waals surface area contributed by atoms with Gasteiger partial charge in [-0.3, -0.25) is 9.59 Å². The number of carbonyl (C=O) groups excluding carboxylic acids is 2. The number of aromatic nitrogens is 1. The Morgan fingerprint density at radius 2 is 1.93 bits per heavy atom. The highest BCUT2D eigenvalue weighted by atomic mass is 16.4. The summed E-state index contributed by atoms with van der Waals surface area (Å²) in [7, 11) is 0. The van der Waals surface area contributed by atoms with Gasteiger partial charge < -0.3 is 14.6 Å². The van der Waals surface area contributed by atoms with Crippen LogP contribution in [-0.2, 0) is 24.2 Å². The van der Waals surface area contributed by atoms with Crippen LogP contribution in [0.2, 0.25) is 0 Å². The molecule has 0 saturated carbocycles. The molecule has 1 N–H and O–H groups in total. The van der Waals surface area contributed by atoms with Gasteiger partial charge in [0.05, 0.1) is 5.69 Å². The molecule has 0 saturated heterocycles. The third kappa shape index (κ3) is 4.04. The van der Waals surface area contributed by atoms with Crippen LogP contribution in [0.3, 0.4) is 0 Å². The summed E-state index contributed by atoms with van der Waals surface area (Å²) in [5.41, 5.74) is 2.34. The van der Waals surface area contributed by atoms with Crippen molar-refractivity contribution in [2.24, 2.45) is 0 Å². The van der Waals surface area contributed by atoms with E-state index in [1.165, 1.54) is 0 Å². The standard InChI is InChI=1S/C21H27N3O3/c1-6-17-22-13(2)18(27-17)20(26)24-12-15-10-8-7-9-14(15)11-16(24)19(25)23-21(3,4)5/h7-10,16H,6,11-12H2,1-5H3,(H,23,25)/t16-/m0/s1. The molecule has 2 aromatic rings. The first-order valence-corrected chi connectivity index (χ1v) is 9.35. The summed E-state index contributed by atoms with van der Waals surface area (Å²) in [6, 6.07) is 7.35. The minimum absolute atomic E-state index is 0.154. The Balaban J connectivity index is 1.96. The highest BCUT2D eigenvalue weighted by molar-refractivity contribution is 5.96. The number of benzene rings is 1. The Labute approximate surface area is 160 Å². The molecule has 1 aliphatic heterocycles. The third-order valence-corrected chi connectivity index (χ3v) is 4.65. The second-order valence-corrected chi connectivity index (χ2v) is 8.04. The molecule has 1 aromatic heterocycles. The van der Waals surface area contributed by atoms with Crippen molar-refractivity contribution < 1.29 is 14.0 Å². The average Bonchev–Trinajstić information content (AvgIpc) is 2.99. The summed E-state index contributed by atoms with van der Waals surface area (Å²) in [5, 5.41) is 3.01. The van der Waals surface area contributed by atoms with E-state index in [1.807, 2.05) is 52.0 Å². The fourth-order valence-electron chi connectivity index (χ4n) is 3.36. The van der Waals surface area contributed by atoms with Gasteiger partial charge in [0.25, 0.3) is 5.91 Å². The lowest BCUT2D eigenvalue weighted by atomic mass is 9.92. The molecule has 0 unspecified atom stereocenters. The highest BCUT2D eigenvalue weighted by Crippen LogP contribution is 2.26. The number of rotatable bonds is 3. The minimum Gasteiger partial charge on any atom is -0.435 e. The number of hydrogen-bond donors (Lipinski definition) is 1. The van der Waals surface area contributed by atoms with Crippen molar-refractivity contribution in [2.45, 2.75) is 65.6 Å². The predicted molar refractivity (Wildman–Crippen MR) is 102 cm³/mol. The van der Waals surface area contributed by atoms with E-state index in [1.54, 1.807) is 11.8 Å². The van der Waals surface area contributed by atoms with E-state index >= 15 is 0 Å². The number of amides is 2. The summed E-state index contributed by atoms with van der Waals surface area (Å²) in [4.78, 5) is 32.1. The third-order valence-electron chi connectivity index (χ3n) is 4.65. The van der Waals surface area contributed by atoms with E-state index in [2.05, 4.69) is 10.3 Å². The first-order chi connectivity index (χ1) is 12.7. The van der Waals surface area contributed by atoms with Crippen LogP contribution in [-0.4, -0.2) is 33.3 Å². The average molecular weight is 369 g/mol. The van der Waals surface area contributed by atoms with E-state index in [0.717, 1.165) is 11.1 Å². The molecule has 6 heteroatoms. The topological polar surface area (TPSA) is 75.4 Å². The molecule has 0 aliphatic carbocycles. The van der Waals surface area contributed by atoms with Gasteiger partial charge in [0.1, 0.15) is 6.04 Å². The molecule has 1 aliphatic rings. The number of aryl methyl sites for hydroxylation is 2. The van der Waals surface area contributed by atoms with Crippen LogP contribution in [0, 0.1) is 6.92 Å². The summed E-state index contributed by atoms with van der Waals surface area (Å²) >= 11 is 0. The molecule has 3 rings (SSSR count). The molecular weight excluding hydrogens is 342 g/mol. The summed E-state index contributed by atoms with van der Waals surface area (Å²) in [6.45, 7) is 9.86. The molecule has 2 amide bonds. The van der Waals surface area contributed by atoms with Crippen LogP contribution in [0.25, 0.3) is 0 Å². The normalized spacial score (nSPS) is 16.8. The van der Waals surface area contributed by atoms with Crippen LogP contribution in [0.5, 0.6) is 0 Å². The van der Waals surface area contributed by atoms with E-state index in [0.29, 0.717) is 31.0 Å². The Morgan fingerprint density at radius 3 is 2.52 bits per heavy atom. The molecule has 1 aromatic carbocycles. The lowest BCUT2D eigenvalue weighted by molar-refractivity contribution is -0.127. The number of oxazole rings is 1. The maximum Gasteiger partial charge on any atom is 0.292 e. The molecule has 0 spiro atoms.